The first-order chi connectivity index (χ1) is 7.91. The van der Waals surface area contributed by atoms with Crippen molar-refractivity contribution in [3.05, 3.63) is 34.9 Å². The Labute approximate surface area is 106 Å². The van der Waals surface area contributed by atoms with Gasteiger partial charge in [-0.05, 0) is 35.1 Å². The predicted molar refractivity (Wildman–Crippen MR) is 76.3 cm³/mol. The molecule has 0 spiro atoms. The average molecular weight is 228 g/mol. The van der Waals surface area contributed by atoms with Gasteiger partial charge in [0, 0.05) is 11.5 Å². The van der Waals surface area contributed by atoms with E-state index in [4.69, 9.17) is 0 Å². The van der Waals surface area contributed by atoms with Crippen LogP contribution >= 0.6 is 0 Å². The average Bonchev–Trinajstić information content (AvgIpc) is 2.25. The Morgan fingerprint density at radius 1 is 0.824 bits per heavy atom. The molecule has 0 aliphatic rings. The first-order valence-corrected chi connectivity index (χ1v) is 6.57. The van der Waals surface area contributed by atoms with Gasteiger partial charge in [0.25, 0.3) is 0 Å². The fraction of sp³-hybridized carbons (Fsp3) is 0.529. The van der Waals surface area contributed by atoms with Gasteiger partial charge in [-0.3, -0.25) is 0 Å². The molecule has 0 unspecified atom stereocenters. The smallest absolute Gasteiger partial charge is 0.0248 e. The molecule has 0 fully saturated rings. The molecule has 0 aliphatic heterocycles. The molecule has 0 heteroatoms. The van der Waals surface area contributed by atoms with Crippen molar-refractivity contribution in [3.63, 3.8) is 0 Å². The fourth-order valence-electron chi connectivity index (χ4n) is 1.91. The summed E-state index contributed by atoms with van der Waals surface area (Å²) in [6.07, 6.45) is 0. The van der Waals surface area contributed by atoms with E-state index >= 15 is 0 Å². The largest absolute Gasteiger partial charge is 0.0951 e. The van der Waals surface area contributed by atoms with Gasteiger partial charge in [-0.15, -0.1) is 0 Å². The Morgan fingerprint density at radius 2 is 1.41 bits per heavy atom. The van der Waals surface area contributed by atoms with E-state index in [9.17, 15) is 0 Å². The number of rotatable bonds is 2. The summed E-state index contributed by atoms with van der Waals surface area (Å²) in [7, 11) is 0. The zero-order chi connectivity index (χ0) is 13.0. The van der Waals surface area contributed by atoms with Crippen molar-refractivity contribution in [3.8, 4) is 11.8 Å². The second-order valence-electron chi connectivity index (χ2n) is 5.58. The lowest BCUT2D eigenvalue weighted by atomic mass is 9.89. The zero-order valence-corrected chi connectivity index (χ0v) is 12.0. The van der Waals surface area contributed by atoms with E-state index in [0.717, 1.165) is 5.56 Å². The summed E-state index contributed by atoms with van der Waals surface area (Å²) in [5.41, 5.74) is 4.04. The van der Waals surface area contributed by atoms with E-state index < -0.39 is 0 Å². The van der Waals surface area contributed by atoms with Crippen molar-refractivity contribution in [2.45, 2.75) is 53.4 Å². The molecule has 0 nitrogen and oxygen atoms in total. The minimum atomic E-state index is 0.433. The minimum Gasteiger partial charge on any atom is -0.0951 e. The maximum absolute atomic E-state index is 3.26. The summed E-state index contributed by atoms with van der Waals surface area (Å²) >= 11 is 0. The first kappa shape index (κ1) is 13.8. The zero-order valence-electron chi connectivity index (χ0n) is 12.0. The standard InChI is InChI=1S/C17H24/c1-12(2)7-8-15-9-10-16(13(3)4)17(11-15)14(5)6/h9-14H,1-6H3. The van der Waals surface area contributed by atoms with Gasteiger partial charge in [0.15, 0.2) is 0 Å². The topological polar surface area (TPSA) is 0 Å². The molecular formula is C17H24. The van der Waals surface area contributed by atoms with E-state index in [1.807, 2.05) is 0 Å². The van der Waals surface area contributed by atoms with Gasteiger partial charge < -0.3 is 0 Å². The SMILES string of the molecule is CC(C)C#Cc1ccc(C(C)C)c(C(C)C)c1. The molecule has 0 saturated heterocycles. The van der Waals surface area contributed by atoms with Crippen LogP contribution in [0.25, 0.3) is 0 Å². The van der Waals surface area contributed by atoms with Crippen LogP contribution in [0.4, 0.5) is 0 Å². The van der Waals surface area contributed by atoms with Gasteiger partial charge in [-0.25, -0.2) is 0 Å². The van der Waals surface area contributed by atoms with E-state index in [2.05, 4.69) is 71.6 Å². The minimum absolute atomic E-state index is 0.433. The number of hydrogen-bond donors (Lipinski definition) is 0. The monoisotopic (exact) mass is 228 g/mol. The molecule has 0 saturated carbocycles. The van der Waals surface area contributed by atoms with Crippen LogP contribution in [0.2, 0.25) is 0 Å². The summed E-state index contributed by atoms with van der Waals surface area (Å²) in [4.78, 5) is 0. The lowest BCUT2D eigenvalue weighted by Gasteiger charge is -2.16. The number of benzene rings is 1. The van der Waals surface area contributed by atoms with Gasteiger partial charge >= 0.3 is 0 Å². The molecule has 0 heterocycles. The molecule has 0 aliphatic carbocycles. The van der Waals surface area contributed by atoms with Crippen molar-refractivity contribution in [1.29, 1.82) is 0 Å². The van der Waals surface area contributed by atoms with E-state index in [-0.39, 0.29) is 0 Å². The Bertz CT molecular complexity index is 425. The third kappa shape index (κ3) is 3.93. The van der Waals surface area contributed by atoms with Crippen molar-refractivity contribution >= 4 is 0 Å². The molecule has 1 aromatic rings. The van der Waals surface area contributed by atoms with Crippen LogP contribution in [0.15, 0.2) is 18.2 Å². The Kier molecular flexibility index (Phi) is 4.82. The maximum atomic E-state index is 3.26. The highest BCUT2D eigenvalue weighted by Crippen LogP contribution is 2.26. The summed E-state index contributed by atoms with van der Waals surface area (Å²) in [5.74, 6) is 8.06. The normalized spacial score (nSPS) is 10.9. The van der Waals surface area contributed by atoms with Crippen LogP contribution in [0.5, 0.6) is 0 Å². The van der Waals surface area contributed by atoms with Gasteiger partial charge in [0.1, 0.15) is 0 Å². The Morgan fingerprint density at radius 3 is 1.88 bits per heavy atom. The highest BCUT2D eigenvalue weighted by molar-refractivity contribution is 5.43. The van der Waals surface area contributed by atoms with Crippen molar-refractivity contribution in [2.24, 2.45) is 5.92 Å². The third-order valence-electron chi connectivity index (χ3n) is 2.84. The van der Waals surface area contributed by atoms with Gasteiger partial charge in [-0.1, -0.05) is 59.4 Å². The molecule has 17 heavy (non-hydrogen) atoms. The molecule has 0 aromatic heterocycles. The molecule has 0 amide bonds. The van der Waals surface area contributed by atoms with Crippen molar-refractivity contribution in [1.82, 2.24) is 0 Å². The molecule has 1 rings (SSSR count). The van der Waals surface area contributed by atoms with Crippen LogP contribution in [-0.4, -0.2) is 0 Å². The van der Waals surface area contributed by atoms with Crippen LogP contribution in [0, 0.1) is 17.8 Å². The second kappa shape index (κ2) is 5.92. The summed E-state index contributed by atoms with van der Waals surface area (Å²) in [6.45, 7) is 13.3. The van der Waals surface area contributed by atoms with Gasteiger partial charge in [0.2, 0.25) is 0 Å². The molecule has 0 bridgehead atoms. The van der Waals surface area contributed by atoms with Crippen LogP contribution < -0.4 is 0 Å². The Hall–Kier alpha value is -1.22. The third-order valence-corrected chi connectivity index (χ3v) is 2.84. The summed E-state index contributed by atoms with van der Waals surface area (Å²) in [6, 6.07) is 6.65. The molecule has 0 atom stereocenters. The summed E-state index contributed by atoms with van der Waals surface area (Å²) < 4.78 is 0. The predicted octanol–water partition coefficient (Wildman–Crippen LogP) is 4.94. The molecule has 0 N–H and O–H groups in total. The highest BCUT2D eigenvalue weighted by atomic mass is 14.1. The summed E-state index contributed by atoms with van der Waals surface area (Å²) in [5, 5.41) is 0. The highest BCUT2D eigenvalue weighted by Gasteiger charge is 2.09. The molecular weight excluding hydrogens is 204 g/mol. The van der Waals surface area contributed by atoms with Crippen LogP contribution in [0.3, 0.4) is 0 Å². The maximum Gasteiger partial charge on any atom is 0.0248 e. The van der Waals surface area contributed by atoms with E-state index in [0.29, 0.717) is 17.8 Å². The van der Waals surface area contributed by atoms with Gasteiger partial charge in [-0.2, -0.15) is 0 Å². The molecule has 0 radical (unpaired) electrons. The quantitative estimate of drug-likeness (QED) is 0.629. The molecule has 1 aromatic carbocycles. The fourth-order valence-corrected chi connectivity index (χ4v) is 1.91. The van der Waals surface area contributed by atoms with E-state index in [1.165, 1.54) is 11.1 Å². The second-order valence-corrected chi connectivity index (χ2v) is 5.58. The van der Waals surface area contributed by atoms with Crippen LogP contribution in [-0.2, 0) is 0 Å². The van der Waals surface area contributed by atoms with Gasteiger partial charge in [0.05, 0.1) is 0 Å². The lowest BCUT2D eigenvalue weighted by molar-refractivity contribution is 0.789. The number of hydrogen-bond acceptors (Lipinski definition) is 0. The molecule has 92 valence electrons. The Balaban J connectivity index is 3.16. The van der Waals surface area contributed by atoms with Crippen LogP contribution in [0.1, 0.15) is 70.1 Å². The van der Waals surface area contributed by atoms with Crippen molar-refractivity contribution in [2.75, 3.05) is 0 Å². The lowest BCUT2D eigenvalue weighted by Crippen LogP contribution is -1.99. The van der Waals surface area contributed by atoms with E-state index in [1.54, 1.807) is 0 Å². The van der Waals surface area contributed by atoms with Crippen molar-refractivity contribution < 1.29 is 0 Å². The first-order valence-electron chi connectivity index (χ1n) is 6.57.